The Morgan fingerprint density at radius 3 is 2.03 bits per heavy atom. The van der Waals surface area contributed by atoms with Crippen molar-refractivity contribution in [3.8, 4) is 0 Å². The lowest BCUT2D eigenvalue weighted by Crippen LogP contribution is -2.50. The number of ether oxygens (including phenoxy) is 1. The second kappa shape index (κ2) is 9.90. The number of carbonyl (C=O) groups is 3. The molecule has 168 valence electrons. The quantitative estimate of drug-likeness (QED) is 0.427. The number of carbonyl (C=O) groups excluding carboxylic acids is 3. The normalized spacial score (nSPS) is 15.6. The van der Waals surface area contributed by atoms with Crippen molar-refractivity contribution in [2.24, 2.45) is 22.8 Å². The van der Waals surface area contributed by atoms with E-state index in [1.807, 2.05) is 13.8 Å². The Bertz CT molecular complexity index is 758. The Balaban J connectivity index is 2.89. The third kappa shape index (κ3) is 6.43. The standard InChI is InChI=1S/C21H34N4O5/c1-12(2)16(22)18(27)24-13(3)17(26)25-15-9-7-14(8-10-15)21(29,20(4,5)6)11-30-19(23)28/h7-10,12-13,16,29H,11,22H2,1-6H3,(H2,23,28)(H,24,27)(H,25,26)/t13-,16-,21-/m0/s1. The van der Waals surface area contributed by atoms with Crippen molar-refractivity contribution in [3.05, 3.63) is 29.8 Å². The van der Waals surface area contributed by atoms with E-state index in [0.717, 1.165) is 0 Å². The van der Waals surface area contributed by atoms with Gasteiger partial charge in [-0.25, -0.2) is 4.79 Å². The number of nitrogens with two attached hydrogens (primary N) is 2. The van der Waals surface area contributed by atoms with Gasteiger partial charge < -0.3 is 31.9 Å². The van der Waals surface area contributed by atoms with Gasteiger partial charge in [0, 0.05) is 5.69 Å². The summed E-state index contributed by atoms with van der Waals surface area (Å²) >= 11 is 0. The lowest BCUT2D eigenvalue weighted by atomic mass is 9.72. The number of hydrogen-bond acceptors (Lipinski definition) is 6. The van der Waals surface area contributed by atoms with Crippen molar-refractivity contribution in [1.82, 2.24) is 5.32 Å². The van der Waals surface area contributed by atoms with Gasteiger partial charge in [0.1, 0.15) is 18.2 Å². The number of nitrogens with one attached hydrogen (secondary N) is 2. The number of hydrogen-bond donors (Lipinski definition) is 5. The van der Waals surface area contributed by atoms with Gasteiger partial charge >= 0.3 is 6.09 Å². The molecule has 30 heavy (non-hydrogen) atoms. The lowest BCUT2D eigenvalue weighted by molar-refractivity contribution is -0.127. The molecular weight excluding hydrogens is 388 g/mol. The molecule has 0 spiro atoms. The second-order valence-electron chi connectivity index (χ2n) is 8.78. The first-order valence-corrected chi connectivity index (χ1v) is 9.81. The predicted molar refractivity (Wildman–Crippen MR) is 114 cm³/mol. The topological polar surface area (TPSA) is 157 Å². The molecule has 3 atom stereocenters. The third-order valence-electron chi connectivity index (χ3n) is 5.07. The average Bonchev–Trinajstić information content (AvgIpc) is 2.64. The van der Waals surface area contributed by atoms with E-state index in [-0.39, 0.29) is 12.5 Å². The van der Waals surface area contributed by atoms with Crippen LogP contribution in [0.5, 0.6) is 0 Å². The number of rotatable bonds is 8. The van der Waals surface area contributed by atoms with Crippen LogP contribution >= 0.6 is 0 Å². The summed E-state index contributed by atoms with van der Waals surface area (Å²) in [7, 11) is 0. The van der Waals surface area contributed by atoms with Crippen molar-refractivity contribution >= 4 is 23.6 Å². The molecular formula is C21H34N4O5. The van der Waals surface area contributed by atoms with Gasteiger partial charge in [0.05, 0.1) is 6.04 Å². The van der Waals surface area contributed by atoms with Gasteiger partial charge in [-0.05, 0) is 36.0 Å². The molecule has 0 unspecified atom stereocenters. The summed E-state index contributed by atoms with van der Waals surface area (Å²) in [6, 6.07) is 5.01. The third-order valence-corrected chi connectivity index (χ3v) is 5.07. The van der Waals surface area contributed by atoms with E-state index in [2.05, 4.69) is 10.6 Å². The Kier molecular flexibility index (Phi) is 8.38. The molecule has 9 nitrogen and oxygen atoms in total. The first kappa shape index (κ1) is 25.4. The molecule has 1 aromatic rings. The van der Waals surface area contributed by atoms with Crippen LogP contribution in [0, 0.1) is 11.3 Å². The van der Waals surface area contributed by atoms with E-state index in [1.165, 1.54) is 0 Å². The van der Waals surface area contributed by atoms with Crippen molar-refractivity contribution < 1.29 is 24.2 Å². The maximum absolute atomic E-state index is 12.4. The predicted octanol–water partition coefficient (Wildman–Crippen LogP) is 1.44. The second-order valence-corrected chi connectivity index (χ2v) is 8.78. The maximum atomic E-state index is 12.4. The Morgan fingerprint density at radius 1 is 1.07 bits per heavy atom. The van der Waals surface area contributed by atoms with Crippen LogP contribution in [0.2, 0.25) is 0 Å². The van der Waals surface area contributed by atoms with Gasteiger partial charge in [0.25, 0.3) is 0 Å². The zero-order chi connectivity index (χ0) is 23.3. The number of benzene rings is 1. The summed E-state index contributed by atoms with van der Waals surface area (Å²) in [6.45, 7) is 10.3. The lowest BCUT2D eigenvalue weighted by Gasteiger charge is -2.40. The minimum atomic E-state index is -1.49. The number of aliphatic hydroxyl groups is 1. The average molecular weight is 423 g/mol. The largest absolute Gasteiger partial charge is 0.446 e. The monoisotopic (exact) mass is 422 g/mol. The highest BCUT2D eigenvalue weighted by molar-refractivity contribution is 5.97. The van der Waals surface area contributed by atoms with Crippen LogP contribution in [0.3, 0.4) is 0 Å². The smallest absolute Gasteiger partial charge is 0.404 e. The van der Waals surface area contributed by atoms with E-state index in [4.69, 9.17) is 16.2 Å². The van der Waals surface area contributed by atoms with E-state index >= 15 is 0 Å². The van der Waals surface area contributed by atoms with Gasteiger partial charge in [-0.15, -0.1) is 0 Å². The molecule has 0 bridgehead atoms. The van der Waals surface area contributed by atoms with Crippen LogP contribution in [-0.2, 0) is 19.9 Å². The Labute approximate surface area is 177 Å². The molecule has 0 radical (unpaired) electrons. The Hall–Kier alpha value is -2.65. The van der Waals surface area contributed by atoms with Crippen LogP contribution in [0.15, 0.2) is 24.3 Å². The van der Waals surface area contributed by atoms with Crippen molar-refractivity contribution in [3.63, 3.8) is 0 Å². The van der Waals surface area contributed by atoms with Gasteiger partial charge in [0.15, 0.2) is 0 Å². The highest BCUT2D eigenvalue weighted by Gasteiger charge is 2.43. The molecule has 0 aromatic heterocycles. The van der Waals surface area contributed by atoms with Crippen molar-refractivity contribution in [2.45, 2.75) is 59.2 Å². The number of anilines is 1. The maximum Gasteiger partial charge on any atom is 0.404 e. The summed E-state index contributed by atoms with van der Waals surface area (Å²) in [5.74, 6) is -0.851. The fraction of sp³-hybridized carbons (Fsp3) is 0.571. The fourth-order valence-corrected chi connectivity index (χ4v) is 2.67. The molecule has 1 rings (SSSR count). The van der Waals surface area contributed by atoms with Gasteiger partial charge in [-0.2, -0.15) is 0 Å². The van der Waals surface area contributed by atoms with E-state index in [1.54, 1.807) is 52.0 Å². The minimum Gasteiger partial charge on any atom is -0.446 e. The minimum absolute atomic E-state index is 0.0482. The van der Waals surface area contributed by atoms with Crippen LogP contribution in [0.25, 0.3) is 0 Å². The number of primary amides is 1. The van der Waals surface area contributed by atoms with Crippen LogP contribution < -0.4 is 22.1 Å². The van der Waals surface area contributed by atoms with Gasteiger partial charge in [-0.3, -0.25) is 9.59 Å². The molecule has 7 N–H and O–H groups in total. The van der Waals surface area contributed by atoms with Crippen molar-refractivity contribution in [2.75, 3.05) is 11.9 Å². The molecule has 0 aliphatic carbocycles. The van der Waals surface area contributed by atoms with Gasteiger partial charge in [0.2, 0.25) is 11.8 Å². The summed E-state index contributed by atoms with van der Waals surface area (Å²) in [5.41, 5.74) is 9.65. The summed E-state index contributed by atoms with van der Waals surface area (Å²) in [6.07, 6.45) is -0.977. The molecule has 0 saturated carbocycles. The summed E-state index contributed by atoms with van der Waals surface area (Å²) in [5, 5.41) is 16.4. The van der Waals surface area contributed by atoms with E-state index in [9.17, 15) is 19.5 Å². The molecule has 0 aliphatic heterocycles. The molecule has 1 aromatic carbocycles. The highest BCUT2D eigenvalue weighted by atomic mass is 16.6. The van der Waals surface area contributed by atoms with Crippen LogP contribution in [-0.4, -0.2) is 41.7 Å². The molecule has 0 saturated heterocycles. The molecule has 3 amide bonds. The van der Waals surface area contributed by atoms with Crippen molar-refractivity contribution in [1.29, 1.82) is 0 Å². The number of amides is 3. The summed E-state index contributed by atoms with van der Waals surface area (Å²) < 4.78 is 4.86. The SMILES string of the molecule is CC(C)[C@H](N)C(=O)N[C@@H](C)C(=O)Nc1ccc([C@@](O)(COC(N)=O)C(C)(C)C)cc1. The van der Waals surface area contributed by atoms with E-state index in [0.29, 0.717) is 11.3 Å². The van der Waals surface area contributed by atoms with Gasteiger partial charge in [-0.1, -0.05) is 46.8 Å². The highest BCUT2D eigenvalue weighted by Crippen LogP contribution is 2.40. The molecule has 0 fully saturated rings. The fourth-order valence-electron chi connectivity index (χ4n) is 2.67. The van der Waals surface area contributed by atoms with Crippen LogP contribution in [0.4, 0.5) is 10.5 Å². The zero-order valence-electron chi connectivity index (χ0n) is 18.5. The molecule has 9 heteroatoms. The zero-order valence-corrected chi connectivity index (χ0v) is 18.5. The first-order chi connectivity index (χ1) is 13.7. The van der Waals surface area contributed by atoms with E-state index < -0.39 is 41.0 Å². The van der Waals surface area contributed by atoms with Crippen LogP contribution in [0.1, 0.15) is 47.1 Å². The molecule has 0 aliphatic rings. The first-order valence-electron chi connectivity index (χ1n) is 9.81. The molecule has 0 heterocycles. The Morgan fingerprint density at radius 2 is 1.60 bits per heavy atom. The summed E-state index contributed by atoms with van der Waals surface area (Å²) in [4.78, 5) is 35.4.